The molecule has 1 heterocycles. The molecule has 0 aliphatic rings. The summed E-state index contributed by atoms with van der Waals surface area (Å²) in [6, 6.07) is 18.2. The van der Waals surface area contributed by atoms with Gasteiger partial charge in [-0.05, 0) is 60.9 Å². The van der Waals surface area contributed by atoms with Crippen LogP contribution in [-0.2, 0) is 6.42 Å². The standard InChI is InChI=1S/C22H21N3O2/c1-3-16-7-9-18(10-8-16)24-22(27)20-14-17(11-12-23-20)21(26)25-19-6-4-5-15(2)13-19/h4-14H,3H2,1-2H3,(H,24,27)(H,25,26). The molecular formula is C22H21N3O2. The van der Waals surface area contributed by atoms with Crippen molar-refractivity contribution in [2.24, 2.45) is 0 Å². The maximum atomic E-state index is 12.5. The Morgan fingerprint density at radius 2 is 1.63 bits per heavy atom. The minimum atomic E-state index is -0.357. The Morgan fingerprint density at radius 3 is 2.33 bits per heavy atom. The van der Waals surface area contributed by atoms with Crippen LogP contribution in [0.3, 0.4) is 0 Å². The van der Waals surface area contributed by atoms with Crippen molar-refractivity contribution >= 4 is 23.2 Å². The first-order valence-electron chi connectivity index (χ1n) is 8.79. The molecule has 2 amide bonds. The molecule has 0 aliphatic heterocycles. The van der Waals surface area contributed by atoms with Gasteiger partial charge < -0.3 is 10.6 Å². The Bertz CT molecular complexity index is 965. The predicted octanol–water partition coefficient (Wildman–Crippen LogP) is 4.46. The van der Waals surface area contributed by atoms with Gasteiger partial charge in [0.2, 0.25) is 0 Å². The molecule has 2 aromatic carbocycles. The highest BCUT2D eigenvalue weighted by molar-refractivity contribution is 6.07. The van der Waals surface area contributed by atoms with E-state index in [2.05, 4.69) is 22.5 Å². The summed E-state index contributed by atoms with van der Waals surface area (Å²) in [4.78, 5) is 29.0. The zero-order chi connectivity index (χ0) is 19.2. The Balaban J connectivity index is 1.71. The van der Waals surface area contributed by atoms with Gasteiger partial charge in [-0.3, -0.25) is 14.6 Å². The topological polar surface area (TPSA) is 71.1 Å². The number of nitrogens with one attached hydrogen (secondary N) is 2. The number of rotatable bonds is 5. The van der Waals surface area contributed by atoms with Gasteiger partial charge in [0.1, 0.15) is 5.69 Å². The van der Waals surface area contributed by atoms with Crippen molar-refractivity contribution in [3.05, 3.63) is 89.2 Å². The molecule has 3 rings (SSSR count). The van der Waals surface area contributed by atoms with Gasteiger partial charge in [0, 0.05) is 23.1 Å². The Morgan fingerprint density at radius 1 is 0.889 bits per heavy atom. The normalized spacial score (nSPS) is 10.3. The summed E-state index contributed by atoms with van der Waals surface area (Å²) in [7, 11) is 0. The quantitative estimate of drug-likeness (QED) is 0.707. The van der Waals surface area contributed by atoms with Gasteiger partial charge in [-0.15, -0.1) is 0 Å². The van der Waals surface area contributed by atoms with Gasteiger partial charge >= 0.3 is 0 Å². The second-order valence-corrected chi connectivity index (χ2v) is 6.26. The molecule has 1 aromatic heterocycles. The number of nitrogens with zero attached hydrogens (tertiary/aromatic N) is 1. The van der Waals surface area contributed by atoms with Gasteiger partial charge in [-0.1, -0.05) is 31.2 Å². The van der Waals surface area contributed by atoms with Crippen molar-refractivity contribution in [2.75, 3.05) is 10.6 Å². The lowest BCUT2D eigenvalue weighted by atomic mass is 10.1. The fourth-order valence-electron chi connectivity index (χ4n) is 2.64. The van der Waals surface area contributed by atoms with E-state index in [1.165, 1.54) is 17.8 Å². The number of hydrogen-bond donors (Lipinski definition) is 2. The Labute approximate surface area is 158 Å². The second-order valence-electron chi connectivity index (χ2n) is 6.26. The minimum Gasteiger partial charge on any atom is -0.322 e. The van der Waals surface area contributed by atoms with Crippen LogP contribution in [-0.4, -0.2) is 16.8 Å². The van der Waals surface area contributed by atoms with Crippen molar-refractivity contribution in [1.29, 1.82) is 0 Å². The fourth-order valence-corrected chi connectivity index (χ4v) is 2.64. The van der Waals surface area contributed by atoms with E-state index in [0.29, 0.717) is 16.9 Å². The molecule has 0 bridgehead atoms. The molecule has 136 valence electrons. The van der Waals surface area contributed by atoms with Crippen molar-refractivity contribution in [2.45, 2.75) is 20.3 Å². The second kappa shape index (κ2) is 8.27. The van der Waals surface area contributed by atoms with Crippen LogP contribution >= 0.6 is 0 Å². The molecule has 27 heavy (non-hydrogen) atoms. The first-order valence-corrected chi connectivity index (χ1v) is 8.79. The maximum Gasteiger partial charge on any atom is 0.274 e. The van der Waals surface area contributed by atoms with Crippen LogP contribution in [0.5, 0.6) is 0 Å². The van der Waals surface area contributed by atoms with Gasteiger partial charge in [-0.2, -0.15) is 0 Å². The van der Waals surface area contributed by atoms with Crippen LogP contribution in [0.15, 0.2) is 66.9 Å². The summed E-state index contributed by atoms with van der Waals surface area (Å²) in [5.74, 6) is -0.645. The molecule has 0 fully saturated rings. The third-order valence-corrected chi connectivity index (χ3v) is 4.15. The van der Waals surface area contributed by atoms with Crippen molar-refractivity contribution < 1.29 is 9.59 Å². The van der Waals surface area contributed by atoms with Crippen LogP contribution < -0.4 is 10.6 Å². The molecule has 5 nitrogen and oxygen atoms in total. The SMILES string of the molecule is CCc1ccc(NC(=O)c2cc(C(=O)Nc3cccc(C)c3)ccn2)cc1. The highest BCUT2D eigenvalue weighted by Crippen LogP contribution is 2.14. The van der Waals surface area contributed by atoms with E-state index in [9.17, 15) is 9.59 Å². The number of aryl methyl sites for hydroxylation is 2. The van der Waals surface area contributed by atoms with Crippen LogP contribution in [0.2, 0.25) is 0 Å². The maximum absolute atomic E-state index is 12.5. The minimum absolute atomic E-state index is 0.187. The number of pyridine rings is 1. The van der Waals surface area contributed by atoms with Crippen LogP contribution in [0.1, 0.15) is 38.9 Å². The zero-order valence-corrected chi connectivity index (χ0v) is 15.3. The number of carbonyl (C=O) groups is 2. The summed E-state index contributed by atoms with van der Waals surface area (Å²) in [5, 5.41) is 5.63. The highest BCUT2D eigenvalue weighted by atomic mass is 16.2. The lowest BCUT2D eigenvalue weighted by molar-refractivity contribution is 0.102. The van der Waals surface area contributed by atoms with Crippen LogP contribution in [0.4, 0.5) is 11.4 Å². The van der Waals surface area contributed by atoms with Gasteiger partial charge in [0.25, 0.3) is 11.8 Å². The first kappa shape index (κ1) is 18.3. The molecule has 0 radical (unpaired) electrons. The summed E-state index contributed by atoms with van der Waals surface area (Å²) in [5.41, 5.74) is 4.20. The van der Waals surface area contributed by atoms with E-state index in [1.54, 1.807) is 6.07 Å². The lowest BCUT2D eigenvalue weighted by Gasteiger charge is -2.08. The van der Waals surface area contributed by atoms with Gasteiger partial charge in [0.15, 0.2) is 0 Å². The molecular weight excluding hydrogens is 338 g/mol. The number of anilines is 2. The molecule has 5 heteroatoms. The molecule has 0 unspecified atom stereocenters. The van der Waals surface area contributed by atoms with Crippen LogP contribution in [0, 0.1) is 6.92 Å². The van der Waals surface area contributed by atoms with E-state index in [4.69, 9.17) is 0 Å². The summed E-state index contributed by atoms with van der Waals surface area (Å²) >= 11 is 0. The smallest absolute Gasteiger partial charge is 0.274 e. The molecule has 0 saturated heterocycles. The summed E-state index contributed by atoms with van der Waals surface area (Å²) in [6.45, 7) is 4.03. The predicted molar refractivity (Wildman–Crippen MR) is 107 cm³/mol. The molecule has 0 saturated carbocycles. The zero-order valence-electron chi connectivity index (χ0n) is 15.3. The fraction of sp³-hybridized carbons (Fsp3) is 0.136. The summed E-state index contributed by atoms with van der Waals surface area (Å²) < 4.78 is 0. The van der Waals surface area contributed by atoms with E-state index < -0.39 is 0 Å². The van der Waals surface area contributed by atoms with E-state index in [0.717, 1.165) is 12.0 Å². The number of hydrogen-bond acceptors (Lipinski definition) is 3. The molecule has 0 atom stereocenters. The molecule has 0 spiro atoms. The third-order valence-electron chi connectivity index (χ3n) is 4.15. The van der Waals surface area contributed by atoms with Crippen molar-refractivity contribution in [1.82, 2.24) is 4.98 Å². The van der Waals surface area contributed by atoms with Gasteiger partial charge in [-0.25, -0.2) is 0 Å². The van der Waals surface area contributed by atoms with Crippen LogP contribution in [0.25, 0.3) is 0 Å². The highest BCUT2D eigenvalue weighted by Gasteiger charge is 2.12. The number of carbonyl (C=O) groups excluding carboxylic acids is 2. The first-order chi connectivity index (χ1) is 13.0. The average molecular weight is 359 g/mol. The van der Waals surface area contributed by atoms with Crippen molar-refractivity contribution in [3.63, 3.8) is 0 Å². The molecule has 0 aliphatic carbocycles. The molecule has 3 aromatic rings. The monoisotopic (exact) mass is 359 g/mol. The lowest BCUT2D eigenvalue weighted by Crippen LogP contribution is -2.17. The van der Waals surface area contributed by atoms with E-state index >= 15 is 0 Å². The largest absolute Gasteiger partial charge is 0.322 e. The Kier molecular flexibility index (Phi) is 5.61. The van der Waals surface area contributed by atoms with E-state index in [1.807, 2.05) is 55.5 Å². The van der Waals surface area contributed by atoms with Gasteiger partial charge in [0.05, 0.1) is 0 Å². The number of aromatic nitrogens is 1. The Hall–Kier alpha value is -3.47. The number of benzene rings is 2. The van der Waals surface area contributed by atoms with E-state index in [-0.39, 0.29) is 17.5 Å². The molecule has 2 N–H and O–H groups in total. The summed E-state index contributed by atoms with van der Waals surface area (Å²) in [6.07, 6.45) is 2.40. The number of amides is 2. The average Bonchev–Trinajstić information content (AvgIpc) is 2.68. The van der Waals surface area contributed by atoms with Crippen molar-refractivity contribution in [3.8, 4) is 0 Å². The third kappa shape index (κ3) is 4.79.